The monoisotopic (exact) mass is 522 g/mol. The van der Waals surface area contributed by atoms with E-state index in [9.17, 15) is 23.1 Å². The largest absolute Gasteiger partial charge is 0.493 e. The number of hydrogen-bond donors (Lipinski definition) is 2. The molecule has 0 aliphatic rings. The molecule has 0 aliphatic heterocycles. The molecular weight excluding hydrogens is 493 g/mol. The third-order valence-corrected chi connectivity index (χ3v) is 6.27. The molecule has 36 heavy (non-hydrogen) atoms. The van der Waals surface area contributed by atoms with Gasteiger partial charge in [-0.2, -0.15) is 13.2 Å². The van der Waals surface area contributed by atoms with Crippen LogP contribution in [0.15, 0.2) is 41.8 Å². The van der Waals surface area contributed by atoms with Crippen LogP contribution < -0.4 is 14.8 Å². The lowest BCUT2D eigenvalue weighted by molar-refractivity contribution is -0.152. The van der Waals surface area contributed by atoms with Crippen molar-refractivity contribution in [1.29, 1.82) is 0 Å². The van der Waals surface area contributed by atoms with Crippen LogP contribution >= 0.6 is 11.3 Å². The van der Waals surface area contributed by atoms with Crippen LogP contribution in [0.2, 0.25) is 0 Å². The Kier molecular flexibility index (Phi) is 8.50. The van der Waals surface area contributed by atoms with Crippen LogP contribution in [0.4, 0.5) is 18.3 Å². The minimum absolute atomic E-state index is 0.510. The van der Waals surface area contributed by atoms with Gasteiger partial charge in [0.2, 0.25) is 0 Å². The number of thiazole rings is 1. The second-order valence-corrected chi connectivity index (χ2v) is 9.75. The highest BCUT2D eigenvalue weighted by atomic mass is 32.1. The molecular formula is C26H29F3N2O4S. The Morgan fingerprint density at radius 1 is 1.06 bits per heavy atom. The number of halogens is 3. The number of rotatable bonds is 11. The summed E-state index contributed by atoms with van der Waals surface area (Å²) in [5.74, 6) is 0.194. The first-order chi connectivity index (χ1) is 16.9. The zero-order valence-electron chi connectivity index (χ0n) is 20.5. The lowest BCUT2D eigenvalue weighted by atomic mass is 10.1. The lowest BCUT2D eigenvalue weighted by Gasteiger charge is -2.23. The van der Waals surface area contributed by atoms with Gasteiger partial charge in [0.05, 0.1) is 17.9 Å². The van der Waals surface area contributed by atoms with Crippen molar-refractivity contribution in [1.82, 2.24) is 4.98 Å². The molecule has 0 fully saturated rings. The molecule has 3 aromatic rings. The molecule has 0 atom stereocenters. The lowest BCUT2D eigenvalue weighted by Crippen LogP contribution is -2.38. The van der Waals surface area contributed by atoms with Crippen molar-refractivity contribution < 1.29 is 32.5 Å². The van der Waals surface area contributed by atoms with Crippen LogP contribution in [0.3, 0.4) is 0 Å². The first kappa shape index (κ1) is 27.3. The molecule has 10 heteroatoms. The average Bonchev–Trinajstić information content (AvgIpc) is 3.27. The van der Waals surface area contributed by atoms with Crippen molar-refractivity contribution in [3.63, 3.8) is 0 Å². The summed E-state index contributed by atoms with van der Waals surface area (Å²) >= 11 is 1.40. The zero-order chi connectivity index (χ0) is 26.5. The Bertz CT molecular complexity index is 1190. The number of nitrogens with zero attached hydrogens (tertiary/aromatic N) is 1. The van der Waals surface area contributed by atoms with Crippen LogP contribution in [-0.4, -0.2) is 34.8 Å². The van der Waals surface area contributed by atoms with E-state index in [1.165, 1.54) is 37.3 Å². The Morgan fingerprint density at radius 2 is 1.69 bits per heavy atom. The highest BCUT2D eigenvalue weighted by Crippen LogP contribution is 2.32. The summed E-state index contributed by atoms with van der Waals surface area (Å²) in [6.45, 7) is 7.92. The molecule has 2 aromatic carbocycles. The fourth-order valence-electron chi connectivity index (χ4n) is 3.27. The second-order valence-electron chi connectivity index (χ2n) is 8.90. The standard InChI is InChI=1S/C26H29F3N2O4S/c1-16-14-22(35-25(3,4)23(32)33)17(2)13-21(16)34-12-6-5-11-30-24-31-20(15-36-24)18-7-9-19(10-8-18)26(27,28)29/h7-10,13-15H,5-6,11-12H2,1-4H3,(H,30,31)(H,32,33). The molecule has 6 nitrogen and oxygen atoms in total. The topological polar surface area (TPSA) is 80.7 Å². The molecule has 0 bridgehead atoms. The third-order valence-electron chi connectivity index (χ3n) is 5.47. The average molecular weight is 523 g/mol. The molecule has 0 saturated carbocycles. The van der Waals surface area contributed by atoms with Crippen LogP contribution in [0, 0.1) is 13.8 Å². The van der Waals surface area contributed by atoms with Crippen LogP contribution in [0.25, 0.3) is 11.3 Å². The predicted octanol–water partition coefficient (Wildman–Crippen LogP) is 6.96. The normalized spacial score (nSPS) is 11.9. The van der Waals surface area contributed by atoms with Gasteiger partial charge in [-0.3, -0.25) is 0 Å². The molecule has 0 saturated heterocycles. The van der Waals surface area contributed by atoms with Gasteiger partial charge in [-0.25, -0.2) is 9.78 Å². The molecule has 1 aromatic heterocycles. The summed E-state index contributed by atoms with van der Waals surface area (Å²) in [6.07, 6.45) is -2.72. The number of carboxylic acid groups (broad SMARTS) is 1. The van der Waals surface area contributed by atoms with E-state index in [1.54, 1.807) is 6.07 Å². The number of hydrogen-bond acceptors (Lipinski definition) is 6. The Morgan fingerprint density at radius 3 is 2.33 bits per heavy atom. The predicted molar refractivity (Wildman–Crippen MR) is 134 cm³/mol. The van der Waals surface area contributed by atoms with Gasteiger partial charge in [0.1, 0.15) is 11.5 Å². The Balaban J connectivity index is 1.43. The second kappa shape index (κ2) is 11.2. The van der Waals surface area contributed by atoms with Crippen molar-refractivity contribution in [2.24, 2.45) is 0 Å². The highest BCUT2D eigenvalue weighted by molar-refractivity contribution is 7.14. The molecule has 1 heterocycles. The maximum atomic E-state index is 12.7. The van der Waals surface area contributed by atoms with Crippen molar-refractivity contribution in [2.45, 2.75) is 52.3 Å². The number of aromatic nitrogens is 1. The van der Waals surface area contributed by atoms with Crippen molar-refractivity contribution in [3.8, 4) is 22.8 Å². The van der Waals surface area contributed by atoms with Crippen molar-refractivity contribution in [3.05, 3.63) is 58.5 Å². The number of aliphatic carboxylic acids is 1. The van der Waals surface area contributed by atoms with Gasteiger partial charge in [-0.15, -0.1) is 11.3 Å². The van der Waals surface area contributed by atoms with E-state index >= 15 is 0 Å². The number of carbonyl (C=O) groups is 1. The fourth-order valence-corrected chi connectivity index (χ4v) is 4.02. The van der Waals surface area contributed by atoms with Crippen LogP contribution in [0.5, 0.6) is 11.5 Å². The van der Waals surface area contributed by atoms with E-state index in [0.717, 1.165) is 41.9 Å². The van der Waals surface area contributed by atoms with Gasteiger partial charge < -0.3 is 19.9 Å². The van der Waals surface area contributed by atoms with Crippen LogP contribution in [-0.2, 0) is 11.0 Å². The summed E-state index contributed by atoms with van der Waals surface area (Å²) in [4.78, 5) is 15.8. The minimum atomic E-state index is -4.36. The van der Waals surface area contributed by atoms with Crippen molar-refractivity contribution >= 4 is 22.4 Å². The number of anilines is 1. The summed E-state index contributed by atoms with van der Waals surface area (Å²) < 4.78 is 49.7. The number of nitrogens with one attached hydrogen (secondary N) is 1. The maximum Gasteiger partial charge on any atom is 0.416 e. The number of alkyl halides is 3. The number of ether oxygens (including phenoxy) is 2. The van der Waals surface area contributed by atoms with Gasteiger partial charge >= 0.3 is 12.1 Å². The number of carboxylic acids is 1. The van der Waals surface area contributed by atoms with E-state index in [2.05, 4.69) is 10.3 Å². The highest BCUT2D eigenvalue weighted by Gasteiger charge is 2.31. The Hall–Kier alpha value is -3.27. The molecule has 2 N–H and O–H groups in total. The third kappa shape index (κ3) is 7.13. The summed E-state index contributed by atoms with van der Waals surface area (Å²) in [6, 6.07) is 8.60. The number of benzene rings is 2. The summed E-state index contributed by atoms with van der Waals surface area (Å²) in [7, 11) is 0. The molecule has 0 amide bonds. The summed E-state index contributed by atoms with van der Waals surface area (Å²) in [5, 5.41) is 15.0. The van der Waals surface area contributed by atoms with E-state index in [4.69, 9.17) is 9.47 Å². The van der Waals surface area contributed by atoms with Crippen molar-refractivity contribution in [2.75, 3.05) is 18.5 Å². The maximum absolute atomic E-state index is 12.7. The van der Waals surface area contributed by atoms with E-state index < -0.39 is 23.3 Å². The number of unbranched alkanes of at least 4 members (excludes halogenated alkanes) is 1. The first-order valence-electron chi connectivity index (χ1n) is 11.4. The zero-order valence-corrected chi connectivity index (χ0v) is 21.3. The molecule has 0 spiro atoms. The minimum Gasteiger partial charge on any atom is -0.493 e. The summed E-state index contributed by atoms with van der Waals surface area (Å²) in [5.41, 5.74) is 0.896. The fraction of sp³-hybridized carbons (Fsp3) is 0.385. The van der Waals surface area contributed by atoms with Gasteiger partial charge in [0.25, 0.3) is 0 Å². The van der Waals surface area contributed by atoms with Crippen LogP contribution in [0.1, 0.15) is 43.4 Å². The van der Waals surface area contributed by atoms with Gasteiger partial charge in [-0.05, 0) is 75.9 Å². The van der Waals surface area contributed by atoms with Gasteiger partial charge in [0, 0.05) is 17.5 Å². The Labute approximate surface area is 212 Å². The SMILES string of the molecule is Cc1cc(OC(C)(C)C(=O)O)c(C)cc1OCCCCNc1nc(-c2ccc(C(F)(F)F)cc2)cs1. The van der Waals surface area contributed by atoms with Gasteiger partial charge in [0.15, 0.2) is 10.7 Å². The molecule has 0 radical (unpaired) electrons. The molecule has 3 rings (SSSR count). The van der Waals surface area contributed by atoms with Gasteiger partial charge in [-0.1, -0.05) is 12.1 Å². The number of aryl methyl sites for hydroxylation is 2. The molecule has 194 valence electrons. The first-order valence-corrected chi connectivity index (χ1v) is 12.3. The quantitative estimate of drug-likeness (QED) is 0.265. The van der Waals surface area contributed by atoms with E-state index in [0.29, 0.717) is 35.3 Å². The van der Waals surface area contributed by atoms with E-state index in [-0.39, 0.29) is 0 Å². The molecule has 0 aliphatic carbocycles. The molecule has 0 unspecified atom stereocenters. The smallest absolute Gasteiger partial charge is 0.416 e. The van der Waals surface area contributed by atoms with E-state index in [1.807, 2.05) is 25.3 Å².